The Morgan fingerprint density at radius 2 is 2.09 bits per heavy atom. The van der Waals surface area contributed by atoms with Crippen LogP contribution in [0, 0.1) is 5.92 Å². The molecule has 0 aromatic heterocycles. The Balaban J connectivity index is 2.00. The van der Waals surface area contributed by atoms with Crippen molar-refractivity contribution in [3.63, 3.8) is 0 Å². The summed E-state index contributed by atoms with van der Waals surface area (Å²) >= 11 is 0. The number of fused-ring (bicyclic) bond motifs is 3. The molecule has 0 aromatic rings. The van der Waals surface area contributed by atoms with Crippen LogP contribution in [0.3, 0.4) is 0 Å². The molecule has 0 radical (unpaired) electrons. The summed E-state index contributed by atoms with van der Waals surface area (Å²) in [5, 5.41) is 12.5. The molecule has 0 unspecified atom stereocenters. The minimum Gasteiger partial charge on any atom is -0.396 e. The average Bonchev–Trinajstić information content (AvgIpc) is 2.07. The van der Waals surface area contributed by atoms with E-state index in [2.05, 4.69) is 5.32 Å². The highest BCUT2D eigenvalue weighted by atomic mass is 16.3. The number of rotatable bonds is 2. The highest BCUT2D eigenvalue weighted by Crippen LogP contribution is 2.38. The third-order valence-corrected chi connectivity index (χ3v) is 3.42. The maximum absolute atomic E-state index is 8.89. The largest absolute Gasteiger partial charge is 0.396 e. The fourth-order valence-electron chi connectivity index (χ4n) is 2.52. The van der Waals surface area contributed by atoms with Gasteiger partial charge in [-0.15, -0.1) is 0 Å². The monoisotopic (exact) mass is 155 g/mol. The zero-order valence-corrected chi connectivity index (χ0v) is 6.97. The Kier molecular flexibility index (Phi) is 1.90. The maximum Gasteiger partial charge on any atom is 0.0448 e. The Morgan fingerprint density at radius 1 is 1.36 bits per heavy atom. The second-order valence-electron chi connectivity index (χ2n) is 4.08. The predicted octanol–water partition coefficient (Wildman–Crippen LogP) is 0.901. The van der Waals surface area contributed by atoms with Crippen LogP contribution in [-0.4, -0.2) is 23.8 Å². The molecule has 2 aliphatic heterocycles. The molecule has 3 fully saturated rings. The Hall–Kier alpha value is -0.0800. The van der Waals surface area contributed by atoms with E-state index >= 15 is 0 Å². The standard InChI is InChI=1S/C9H17NO/c11-6-5-9-3-1-8(2-4-9)7-10-9/h8,10-11H,1-7H2. The molecule has 0 aromatic carbocycles. The molecule has 11 heavy (non-hydrogen) atoms. The molecule has 0 spiro atoms. The highest BCUT2D eigenvalue weighted by molar-refractivity contribution is 4.98. The molecule has 2 N–H and O–H groups in total. The molecule has 64 valence electrons. The molecule has 3 rings (SSSR count). The van der Waals surface area contributed by atoms with Crippen LogP contribution < -0.4 is 5.32 Å². The van der Waals surface area contributed by atoms with Crippen molar-refractivity contribution < 1.29 is 5.11 Å². The first-order valence-corrected chi connectivity index (χ1v) is 4.71. The summed E-state index contributed by atoms with van der Waals surface area (Å²) in [6, 6.07) is 0. The first-order chi connectivity index (χ1) is 5.35. The summed E-state index contributed by atoms with van der Waals surface area (Å²) in [6.45, 7) is 1.54. The van der Waals surface area contributed by atoms with Gasteiger partial charge in [-0.3, -0.25) is 0 Å². The molecular formula is C9H17NO. The van der Waals surface area contributed by atoms with Crippen molar-refractivity contribution in [2.75, 3.05) is 13.2 Å². The van der Waals surface area contributed by atoms with E-state index in [4.69, 9.17) is 5.11 Å². The highest BCUT2D eigenvalue weighted by Gasteiger charge is 2.39. The summed E-state index contributed by atoms with van der Waals surface area (Å²) in [4.78, 5) is 0. The fraction of sp³-hybridized carbons (Fsp3) is 1.00. The Bertz CT molecular complexity index is 119. The molecule has 1 saturated carbocycles. The van der Waals surface area contributed by atoms with E-state index in [0.717, 1.165) is 12.3 Å². The molecular weight excluding hydrogens is 138 g/mol. The van der Waals surface area contributed by atoms with E-state index in [1.54, 1.807) is 0 Å². The van der Waals surface area contributed by atoms with Gasteiger partial charge in [-0.05, 0) is 44.6 Å². The van der Waals surface area contributed by atoms with Crippen molar-refractivity contribution in [1.29, 1.82) is 0 Å². The van der Waals surface area contributed by atoms with Crippen LogP contribution in [0.5, 0.6) is 0 Å². The van der Waals surface area contributed by atoms with Gasteiger partial charge in [-0.25, -0.2) is 0 Å². The van der Waals surface area contributed by atoms with Crippen LogP contribution in [0.2, 0.25) is 0 Å². The lowest BCUT2D eigenvalue weighted by Gasteiger charge is -2.47. The maximum atomic E-state index is 8.89. The normalized spacial score (nSPS) is 42.8. The van der Waals surface area contributed by atoms with Gasteiger partial charge in [0, 0.05) is 12.1 Å². The molecule has 2 bridgehead atoms. The van der Waals surface area contributed by atoms with Crippen LogP contribution in [0.15, 0.2) is 0 Å². The Morgan fingerprint density at radius 3 is 2.55 bits per heavy atom. The topological polar surface area (TPSA) is 32.3 Å². The molecule has 0 amide bonds. The lowest BCUT2D eigenvalue weighted by molar-refractivity contribution is 0.0896. The van der Waals surface area contributed by atoms with Crippen LogP contribution >= 0.6 is 0 Å². The molecule has 3 aliphatic rings. The van der Waals surface area contributed by atoms with E-state index in [1.165, 1.54) is 32.2 Å². The molecule has 1 aliphatic carbocycles. The summed E-state index contributed by atoms with van der Waals surface area (Å²) < 4.78 is 0. The zero-order valence-electron chi connectivity index (χ0n) is 6.97. The van der Waals surface area contributed by atoms with Gasteiger partial charge in [-0.1, -0.05) is 0 Å². The summed E-state index contributed by atoms with van der Waals surface area (Å²) in [7, 11) is 0. The number of nitrogens with one attached hydrogen (secondary N) is 1. The number of aliphatic hydroxyl groups is 1. The van der Waals surface area contributed by atoms with Crippen LogP contribution in [-0.2, 0) is 0 Å². The average molecular weight is 155 g/mol. The van der Waals surface area contributed by atoms with Gasteiger partial charge in [-0.2, -0.15) is 0 Å². The summed E-state index contributed by atoms with van der Waals surface area (Å²) in [6.07, 6.45) is 6.30. The fourth-order valence-corrected chi connectivity index (χ4v) is 2.52. The van der Waals surface area contributed by atoms with E-state index in [9.17, 15) is 0 Å². The summed E-state index contributed by atoms with van der Waals surface area (Å²) in [5.41, 5.74) is 0.337. The van der Waals surface area contributed by atoms with E-state index in [0.29, 0.717) is 12.1 Å². The number of hydrogen-bond acceptors (Lipinski definition) is 2. The molecule has 2 heteroatoms. The SMILES string of the molecule is OCCC12CCC(CC1)CN2. The smallest absolute Gasteiger partial charge is 0.0448 e. The van der Waals surface area contributed by atoms with Gasteiger partial charge in [0.25, 0.3) is 0 Å². The third-order valence-electron chi connectivity index (χ3n) is 3.42. The minimum atomic E-state index is 0.337. The van der Waals surface area contributed by atoms with E-state index in [1.807, 2.05) is 0 Å². The van der Waals surface area contributed by atoms with Crippen molar-refractivity contribution in [3.05, 3.63) is 0 Å². The predicted molar refractivity (Wildman–Crippen MR) is 44.4 cm³/mol. The van der Waals surface area contributed by atoms with Crippen molar-refractivity contribution in [3.8, 4) is 0 Å². The molecule has 2 saturated heterocycles. The van der Waals surface area contributed by atoms with Gasteiger partial charge in [0.15, 0.2) is 0 Å². The first-order valence-electron chi connectivity index (χ1n) is 4.71. The summed E-state index contributed by atoms with van der Waals surface area (Å²) in [5.74, 6) is 0.940. The second kappa shape index (κ2) is 2.76. The van der Waals surface area contributed by atoms with Crippen LogP contribution in [0.4, 0.5) is 0 Å². The first kappa shape index (κ1) is 7.56. The van der Waals surface area contributed by atoms with Gasteiger partial charge in [0.1, 0.15) is 0 Å². The molecule has 0 atom stereocenters. The number of piperidine rings is 2. The van der Waals surface area contributed by atoms with Crippen LogP contribution in [0.25, 0.3) is 0 Å². The van der Waals surface area contributed by atoms with Gasteiger partial charge in [0.2, 0.25) is 0 Å². The van der Waals surface area contributed by atoms with Crippen molar-refractivity contribution in [1.82, 2.24) is 5.32 Å². The minimum absolute atomic E-state index is 0.337. The quantitative estimate of drug-likeness (QED) is 0.621. The second-order valence-corrected chi connectivity index (χ2v) is 4.08. The lowest BCUT2D eigenvalue weighted by Crippen LogP contribution is -2.56. The van der Waals surface area contributed by atoms with Gasteiger partial charge >= 0.3 is 0 Å². The molecule has 2 nitrogen and oxygen atoms in total. The van der Waals surface area contributed by atoms with Gasteiger partial charge < -0.3 is 10.4 Å². The number of aliphatic hydroxyl groups excluding tert-OH is 1. The van der Waals surface area contributed by atoms with Gasteiger partial charge in [0.05, 0.1) is 0 Å². The van der Waals surface area contributed by atoms with E-state index in [-0.39, 0.29) is 0 Å². The molecule has 2 heterocycles. The number of hydrogen-bond donors (Lipinski definition) is 2. The van der Waals surface area contributed by atoms with Crippen molar-refractivity contribution in [2.24, 2.45) is 5.92 Å². The Labute approximate surface area is 68.0 Å². The van der Waals surface area contributed by atoms with Crippen LogP contribution in [0.1, 0.15) is 32.1 Å². The third kappa shape index (κ3) is 1.30. The van der Waals surface area contributed by atoms with Crippen molar-refractivity contribution >= 4 is 0 Å². The van der Waals surface area contributed by atoms with E-state index < -0.39 is 0 Å². The lowest BCUT2D eigenvalue weighted by atomic mass is 9.71. The zero-order chi connectivity index (χ0) is 7.73. The van der Waals surface area contributed by atoms with Crippen molar-refractivity contribution in [2.45, 2.75) is 37.6 Å².